The van der Waals surface area contributed by atoms with Crippen molar-refractivity contribution in [3.05, 3.63) is 77.6 Å². The van der Waals surface area contributed by atoms with Gasteiger partial charge in [-0.3, -0.25) is 9.59 Å². The molecule has 2 amide bonds. The average Bonchev–Trinajstić information content (AvgIpc) is 3.24. The summed E-state index contributed by atoms with van der Waals surface area (Å²) in [5.41, 5.74) is 3.85. The van der Waals surface area contributed by atoms with Gasteiger partial charge >= 0.3 is 0 Å². The van der Waals surface area contributed by atoms with Crippen molar-refractivity contribution >= 4 is 29.3 Å². The number of nitrogens with one attached hydrogen (secondary N) is 2. The lowest BCUT2D eigenvalue weighted by atomic mass is 10.1. The van der Waals surface area contributed by atoms with E-state index < -0.39 is 0 Å². The number of hydrogen-bond acceptors (Lipinski definition) is 6. The third-order valence-corrected chi connectivity index (χ3v) is 6.52. The van der Waals surface area contributed by atoms with Crippen LogP contribution in [0.4, 0.5) is 5.69 Å². The van der Waals surface area contributed by atoms with E-state index in [1.807, 2.05) is 67.8 Å². The molecule has 3 rings (SSSR count). The largest absolute Gasteiger partial charge is 0.497 e. The van der Waals surface area contributed by atoms with Gasteiger partial charge in [-0.25, -0.2) is 0 Å². The molecular formula is C26H31N5O3S. The van der Waals surface area contributed by atoms with Crippen LogP contribution >= 0.6 is 11.8 Å². The fourth-order valence-corrected chi connectivity index (χ4v) is 4.27. The number of rotatable bonds is 11. The number of hydrogen-bond donors (Lipinski definition) is 2. The van der Waals surface area contributed by atoms with Gasteiger partial charge in [0.1, 0.15) is 5.75 Å². The molecule has 0 aliphatic carbocycles. The molecule has 1 atom stereocenters. The average molecular weight is 494 g/mol. The van der Waals surface area contributed by atoms with Crippen LogP contribution in [0.2, 0.25) is 0 Å². The molecule has 3 aromatic rings. The van der Waals surface area contributed by atoms with Crippen molar-refractivity contribution < 1.29 is 14.3 Å². The highest BCUT2D eigenvalue weighted by atomic mass is 32.2. The van der Waals surface area contributed by atoms with Crippen molar-refractivity contribution in [2.45, 2.75) is 44.9 Å². The number of carbonyl (C=O) groups is 2. The van der Waals surface area contributed by atoms with Gasteiger partial charge in [-0.2, -0.15) is 0 Å². The molecule has 184 valence electrons. The van der Waals surface area contributed by atoms with Crippen LogP contribution in [-0.4, -0.2) is 39.4 Å². The molecule has 8 nitrogen and oxygen atoms in total. The number of amides is 2. The first-order chi connectivity index (χ1) is 16.8. The van der Waals surface area contributed by atoms with Gasteiger partial charge in [0.25, 0.3) is 0 Å². The number of carbonyl (C=O) groups excluding carboxylic acids is 2. The lowest BCUT2D eigenvalue weighted by molar-refractivity contribution is -0.121. The minimum absolute atomic E-state index is 0.126. The van der Waals surface area contributed by atoms with E-state index in [0.717, 1.165) is 28.1 Å². The Kier molecular flexibility index (Phi) is 9.08. The Morgan fingerprint density at radius 3 is 2.57 bits per heavy atom. The van der Waals surface area contributed by atoms with E-state index in [2.05, 4.69) is 27.4 Å². The summed E-state index contributed by atoms with van der Waals surface area (Å²) in [6, 6.07) is 12.8. The van der Waals surface area contributed by atoms with E-state index >= 15 is 0 Å². The maximum Gasteiger partial charge on any atom is 0.234 e. The molecule has 2 aromatic carbocycles. The smallest absolute Gasteiger partial charge is 0.234 e. The summed E-state index contributed by atoms with van der Waals surface area (Å²) in [7, 11) is 1.60. The Morgan fingerprint density at radius 2 is 1.89 bits per heavy atom. The number of aromatic nitrogens is 3. The fourth-order valence-electron chi connectivity index (χ4n) is 3.52. The molecule has 0 aliphatic rings. The highest BCUT2D eigenvalue weighted by Crippen LogP contribution is 2.23. The van der Waals surface area contributed by atoms with Crippen LogP contribution in [0.5, 0.6) is 5.75 Å². The molecule has 1 heterocycles. The Balaban J connectivity index is 1.62. The molecule has 0 unspecified atom stereocenters. The number of allylic oxidation sites excluding steroid dienone is 1. The highest BCUT2D eigenvalue weighted by Gasteiger charge is 2.20. The Bertz CT molecular complexity index is 1190. The van der Waals surface area contributed by atoms with Crippen LogP contribution in [0.3, 0.4) is 0 Å². The monoisotopic (exact) mass is 493 g/mol. The summed E-state index contributed by atoms with van der Waals surface area (Å²) >= 11 is 1.29. The zero-order valence-corrected chi connectivity index (χ0v) is 21.3. The minimum atomic E-state index is -0.369. The maximum atomic E-state index is 12.6. The van der Waals surface area contributed by atoms with E-state index in [1.165, 1.54) is 11.8 Å². The van der Waals surface area contributed by atoms with E-state index in [4.69, 9.17) is 4.74 Å². The highest BCUT2D eigenvalue weighted by molar-refractivity contribution is 7.99. The van der Waals surface area contributed by atoms with Crippen LogP contribution in [0.15, 0.2) is 60.3 Å². The zero-order chi connectivity index (χ0) is 25.4. The van der Waals surface area contributed by atoms with Gasteiger partial charge in [-0.1, -0.05) is 42.1 Å². The zero-order valence-electron chi connectivity index (χ0n) is 20.5. The molecule has 0 spiro atoms. The number of nitrogens with zero attached hydrogens (tertiary/aromatic N) is 3. The number of ether oxygens (including phenoxy) is 1. The van der Waals surface area contributed by atoms with Crippen molar-refractivity contribution in [2.75, 3.05) is 18.2 Å². The summed E-state index contributed by atoms with van der Waals surface area (Å²) in [6.07, 6.45) is 1.98. The number of methoxy groups -OCH3 is 1. The van der Waals surface area contributed by atoms with Crippen LogP contribution in [-0.2, 0) is 22.6 Å². The van der Waals surface area contributed by atoms with E-state index in [1.54, 1.807) is 13.2 Å². The molecule has 1 aromatic heterocycles. The molecule has 2 N–H and O–H groups in total. The first-order valence-corrected chi connectivity index (χ1v) is 12.3. The predicted octanol–water partition coefficient (Wildman–Crippen LogP) is 4.24. The van der Waals surface area contributed by atoms with Crippen LogP contribution in [0, 0.1) is 13.8 Å². The van der Waals surface area contributed by atoms with Crippen molar-refractivity contribution in [3.8, 4) is 5.75 Å². The number of anilines is 1. The Hall–Kier alpha value is -3.59. The van der Waals surface area contributed by atoms with Crippen molar-refractivity contribution in [1.29, 1.82) is 0 Å². The van der Waals surface area contributed by atoms with Gasteiger partial charge in [0.15, 0.2) is 11.0 Å². The van der Waals surface area contributed by atoms with E-state index in [9.17, 15) is 9.59 Å². The lowest BCUT2D eigenvalue weighted by Crippen LogP contribution is -2.30. The number of thioether (sulfide) groups is 1. The van der Waals surface area contributed by atoms with Crippen molar-refractivity contribution in [1.82, 2.24) is 20.1 Å². The van der Waals surface area contributed by atoms with Crippen LogP contribution in [0.1, 0.15) is 35.5 Å². The molecule has 0 aliphatic heterocycles. The summed E-state index contributed by atoms with van der Waals surface area (Å²) in [6.45, 7) is 10.1. The first kappa shape index (κ1) is 26.0. The minimum Gasteiger partial charge on any atom is -0.497 e. The molecule has 0 saturated heterocycles. The van der Waals surface area contributed by atoms with E-state index in [0.29, 0.717) is 17.5 Å². The summed E-state index contributed by atoms with van der Waals surface area (Å²) in [4.78, 5) is 25.1. The van der Waals surface area contributed by atoms with Gasteiger partial charge in [-0.15, -0.1) is 16.8 Å². The van der Waals surface area contributed by atoms with E-state index in [-0.39, 0.29) is 30.0 Å². The lowest BCUT2D eigenvalue weighted by Gasteiger charge is -2.15. The second kappa shape index (κ2) is 12.2. The molecule has 0 fully saturated rings. The maximum absolute atomic E-state index is 12.6. The standard InChI is InChI=1S/C26H31N5O3S/c1-6-14-31-25(19(4)27-23(32)15-20-10-12-21(34-5)13-11-20)29-30-26(31)35-16-24(33)28-22-9-7-8-17(2)18(22)3/h6-13,19H,1,14-16H2,2-5H3,(H,27,32)(H,28,33)/t19-/m1/s1. The number of aryl methyl sites for hydroxylation is 1. The molecule has 35 heavy (non-hydrogen) atoms. The third-order valence-electron chi connectivity index (χ3n) is 5.56. The fraction of sp³-hybridized carbons (Fsp3) is 0.308. The molecule has 9 heteroatoms. The van der Waals surface area contributed by atoms with Gasteiger partial charge in [0, 0.05) is 12.2 Å². The van der Waals surface area contributed by atoms with Crippen molar-refractivity contribution in [3.63, 3.8) is 0 Å². The summed E-state index contributed by atoms with van der Waals surface area (Å²) in [5.74, 6) is 1.27. The van der Waals surface area contributed by atoms with Gasteiger partial charge < -0.3 is 19.9 Å². The SMILES string of the molecule is C=CCn1c(SCC(=O)Nc2cccc(C)c2C)nnc1[C@@H](C)NC(=O)Cc1ccc(OC)cc1. The van der Waals surface area contributed by atoms with Gasteiger partial charge in [0.05, 0.1) is 25.3 Å². The topological polar surface area (TPSA) is 98.1 Å². The summed E-state index contributed by atoms with van der Waals surface area (Å²) < 4.78 is 7.02. The quantitative estimate of drug-likeness (QED) is 0.306. The second-order valence-corrected chi connectivity index (χ2v) is 9.08. The second-order valence-electron chi connectivity index (χ2n) is 8.14. The molecule has 0 bridgehead atoms. The van der Waals surface area contributed by atoms with Crippen molar-refractivity contribution in [2.24, 2.45) is 0 Å². The molecule has 0 saturated carbocycles. The molecule has 0 radical (unpaired) electrons. The first-order valence-electron chi connectivity index (χ1n) is 11.3. The Morgan fingerprint density at radius 1 is 1.14 bits per heavy atom. The van der Waals surface area contributed by atoms with Crippen LogP contribution < -0.4 is 15.4 Å². The number of benzene rings is 2. The van der Waals surface area contributed by atoms with Gasteiger partial charge in [-0.05, 0) is 55.7 Å². The summed E-state index contributed by atoms with van der Waals surface area (Å²) in [5, 5.41) is 15.1. The molecular weight excluding hydrogens is 462 g/mol. The Labute approximate surface area is 210 Å². The predicted molar refractivity (Wildman–Crippen MR) is 139 cm³/mol. The third kappa shape index (κ3) is 6.95. The van der Waals surface area contributed by atoms with Crippen LogP contribution in [0.25, 0.3) is 0 Å². The van der Waals surface area contributed by atoms with Gasteiger partial charge in [0.2, 0.25) is 11.8 Å². The normalized spacial score (nSPS) is 11.5.